The summed E-state index contributed by atoms with van der Waals surface area (Å²) in [5.74, 6) is -1.55. The van der Waals surface area contributed by atoms with Gasteiger partial charge in [0.1, 0.15) is 0 Å². The van der Waals surface area contributed by atoms with E-state index in [4.69, 9.17) is 0 Å². The molecule has 5 heteroatoms. The predicted octanol–water partition coefficient (Wildman–Crippen LogP) is 1.17. The zero-order valence-electron chi connectivity index (χ0n) is 9.06. The van der Waals surface area contributed by atoms with E-state index in [9.17, 15) is 13.8 Å². The van der Waals surface area contributed by atoms with Gasteiger partial charge in [-0.1, -0.05) is 0 Å². The molecule has 0 aliphatic heterocycles. The third kappa shape index (κ3) is 3.00. The molecule has 0 amide bonds. The van der Waals surface area contributed by atoms with Crippen molar-refractivity contribution in [1.82, 2.24) is 0 Å². The van der Waals surface area contributed by atoms with Crippen LogP contribution >= 0.6 is 0 Å². The van der Waals surface area contributed by atoms with Crippen LogP contribution in [-0.4, -0.2) is 28.8 Å². The molecule has 0 aliphatic rings. The molecular weight excluding hydrogens is 228 g/mol. The molecule has 0 heterocycles. The van der Waals surface area contributed by atoms with Crippen LogP contribution in [0.15, 0.2) is 29.2 Å². The molecule has 86 valence electrons. The van der Waals surface area contributed by atoms with Gasteiger partial charge in [0.25, 0.3) is 5.78 Å². The minimum absolute atomic E-state index is 0.168. The van der Waals surface area contributed by atoms with Crippen LogP contribution in [-0.2, 0) is 20.3 Å². The van der Waals surface area contributed by atoms with E-state index in [1.54, 1.807) is 25.3 Å². The first kappa shape index (κ1) is 12.6. The third-order valence-corrected chi connectivity index (χ3v) is 2.85. The number of hydrogen-bond donors (Lipinski definition) is 0. The summed E-state index contributed by atoms with van der Waals surface area (Å²) in [6, 6.07) is 6.05. The molecule has 0 spiro atoms. The largest absolute Gasteiger partial charge is 0.460 e. The maximum absolute atomic E-state index is 11.5. The van der Waals surface area contributed by atoms with Crippen LogP contribution in [0.25, 0.3) is 0 Å². The number of carbonyl (C=O) groups is 2. The Kier molecular flexibility index (Phi) is 4.37. The molecule has 0 radical (unpaired) electrons. The molecule has 1 aromatic carbocycles. The Balaban J connectivity index is 2.85. The molecule has 0 fully saturated rings. The van der Waals surface area contributed by atoms with Crippen molar-refractivity contribution < 1.29 is 18.5 Å². The molecule has 1 rings (SSSR count). The van der Waals surface area contributed by atoms with Crippen molar-refractivity contribution in [2.45, 2.75) is 11.8 Å². The quantitative estimate of drug-likeness (QED) is 0.450. The van der Waals surface area contributed by atoms with Gasteiger partial charge in [-0.3, -0.25) is 9.00 Å². The number of benzene rings is 1. The van der Waals surface area contributed by atoms with Gasteiger partial charge in [0, 0.05) is 27.5 Å². The van der Waals surface area contributed by atoms with Gasteiger partial charge < -0.3 is 4.74 Å². The van der Waals surface area contributed by atoms with Gasteiger partial charge in [0.05, 0.1) is 6.61 Å². The Bertz CT molecular complexity index is 422. The highest BCUT2D eigenvalue weighted by molar-refractivity contribution is 7.84. The molecule has 16 heavy (non-hydrogen) atoms. The van der Waals surface area contributed by atoms with Crippen LogP contribution in [0.4, 0.5) is 0 Å². The molecule has 1 unspecified atom stereocenters. The first-order valence-electron chi connectivity index (χ1n) is 4.71. The van der Waals surface area contributed by atoms with Gasteiger partial charge in [0.2, 0.25) is 0 Å². The normalized spacial score (nSPS) is 11.9. The summed E-state index contributed by atoms with van der Waals surface area (Å²) in [4.78, 5) is 23.2. The number of carbonyl (C=O) groups excluding carboxylic acids is 2. The van der Waals surface area contributed by atoms with Gasteiger partial charge in [0.15, 0.2) is 0 Å². The summed E-state index contributed by atoms with van der Waals surface area (Å²) in [6.45, 7) is 1.80. The first-order chi connectivity index (χ1) is 7.56. The Hall–Kier alpha value is -1.49. The third-order valence-electron chi connectivity index (χ3n) is 1.91. The first-order valence-corrected chi connectivity index (χ1v) is 6.27. The van der Waals surface area contributed by atoms with Crippen molar-refractivity contribution in [3.63, 3.8) is 0 Å². The van der Waals surface area contributed by atoms with Gasteiger partial charge >= 0.3 is 5.97 Å². The van der Waals surface area contributed by atoms with Crippen molar-refractivity contribution in [3.05, 3.63) is 29.8 Å². The van der Waals surface area contributed by atoms with Crippen molar-refractivity contribution in [2.24, 2.45) is 0 Å². The fourth-order valence-corrected chi connectivity index (χ4v) is 1.63. The lowest BCUT2D eigenvalue weighted by molar-refractivity contribution is -0.137. The molecule has 0 saturated carbocycles. The van der Waals surface area contributed by atoms with Gasteiger partial charge in [-0.15, -0.1) is 0 Å². The summed E-state index contributed by atoms with van der Waals surface area (Å²) in [5, 5.41) is 0. The lowest BCUT2D eigenvalue weighted by atomic mass is 10.1. The van der Waals surface area contributed by atoms with E-state index in [-0.39, 0.29) is 12.2 Å². The maximum Gasteiger partial charge on any atom is 0.379 e. The molecule has 4 nitrogen and oxygen atoms in total. The zero-order chi connectivity index (χ0) is 12.1. The molecular formula is C11H12O4S. The van der Waals surface area contributed by atoms with Crippen molar-refractivity contribution in [3.8, 4) is 0 Å². The van der Waals surface area contributed by atoms with E-state index in [1.807, 2.05) is 0 Å². The molecule has 0 aromatic heterocycles. The smallest absolute Gasteiger partial charge is 0.379 e. The Morgan fingerprint density at radius 3 is 2.25 bits per heavy atom. The van der Waals surface area contributed by atoms with E-state index in [1.165, 1.54) is 12.1 Å². The average Bonchev–Trinajstić information content (AvgIpc) is 2.28. The second-order valence-electron chi connectivity index (χ2n) is 3.03. The molecule has 1 atom stereocenters. The van der Waals surface area contributed by atoms with E-state index in [2.05, 4.69) is 4.74 Å². The standard InChI is InChI=1S/C11H12O4S/c1-3-15-11(13)10(12)8-4-6-9(7-5-8)16(2)14/h4-7H,3H2,1-2H3. The fraction of sp³-hybridized carbons (Fsp3) is 0.273. The minimum Gasteiger partial charge on any atom is -0.460 e. The van der Waals surface area contributed by atoms with Crippen LogP contribution in [0.5, 0.6) is 0 Å². The SMILES string of the molecule is CCOC(=O)C(=O)c1ccc(S(C)=O)cc1. The highest BCUT2D eigenvalue weighted by Crippen LogP contribution is 2.08. The monoisotopic (exact) mass is 240 g/mol. The van der Waals surface area contributed by atoms with Crippen LogP contribution in [0, 0.1) is 0 Å². The summed E-state index contributed by atoms with van der Waals surface area (Å²) >= 11 is 0. The Morgan fingerprint density at radius 2 is 1.81 bits per heavy atom. The lowest BCUT2D eigenvalue weighted by Crippen LogP contribution is -2.17. The number of hydrogen-bond acceptors (Lipinski definition) is 4. The van der Waals surface area contributed by atoms with Gasteiger partial charge in [-0.25, -0.2) is 4.79 Å². The topological polar surface area (TPSA) is 60.4 Å². The number of rotatable bonds is 4. The van der Waals surface area contributed by atoms with Crippen molar-refractivity contribution in [1.29, 1.82) is 0 Å². The highest BCUT2D eigenvalue weighted by Gasteiger charge is 2.17. The Morgan fingerprint density at radius 1 is 1.25 bits per heavy atom. The summed E-state index contributed by atoms with van der Waals surface area (Å²) < 4.78 is 15.7. The summed E-state index contributed by atoms with van der Waals surface area (Å²) in [7, 11) is -1.09. The number of ether oxygens (including phenoxy) is 1. The number of ketones is 1. The molecule has 0 aliphatic carbocycles. The van der Waals surface area contributed by atoms with Crippen LogP contribution < -0.4 is 0 Å². The van der Waals surface area contributed by atoms with Crippen LogP contribution in [0.1, 0.15) is 17.3 Å². The van der Waals surface area contributed by atoms with E-state index in [0.717, 1.165) is 0 Å². The van der Waals surface area contributed by atoms with Crippen molar-refractivity contribution >= 4 is 22.6 Å². The lowest BCUT2D eigenvalue weighted by Gasteiger charge is -2.01. The van der Waals surface area contributed by atoms with E-state index < -0.39 is 22.6 Å². The molecule has 0 bridgehead atoms. The highest BCUT2D eigenvalue weighted by atomic mass is 32.2. The van der Waals surface area contributed by atoms with Crippen LogP contribution in [0.3, 0.4) is 0 Å². The number of Topliss-reactive ketones (excluding diaryl/α,β-unsaturated/α-hetero) is 1. The fourth-order valence-electron chi connectivity index (χ4n) is 1.11. The summed E-state index contributed by atoms with van der Waals surface area (Å²) in [6.07, 6.45) is 1.54. The van der Waals surface area contributed by atoms with E-state index in [0.29, 0.717) is 4.90 Å². The molecule has 0 saturated heterocycles. The predicted molar refractivity (Wildman–Crippen MR) is 59.7 cm³/mol. The van der Waals surface area contributed by atoms with E-state index >= 15 is 0 Å². The maximum atomic E-state index is 11.5. The minimum atomic E-state index is -1.09. The zero-order valence-corrected chi connectivity index (χ0v) is 9.87. The molecule has 0 N–H and O–H groups in total. The average molecular weight is 240 g/mol. The number of esters is 1. The molecule has 1 aromatic rings. The second kappa shape index (κ2) is 5.55. The van der Waals surface area contributed by atoms with Gasteiger partial charge in [-0.2, -0.15) is 0 Å². The van der Waals surface area contributed by atoms with Crippen molar-refractivity contribution in [2.75, 3.05) is 12.9 Å². The second-order valence-corrected chi connectivity index (χ2v) is 4.41. The van der Waals surface area contributed by atoms with Gasteiger partial charge in [-0.05, 0) is 31.2 Å². The van der Waals surface area contributed by atoms with Crippen LogP contribution in [0.2, 0.25) is 0 Å². The Labute approximate surface area is 96.1 Å². The summed E-state index contributed by atoms with van der Waals surface area (Å²) in [5.41, 5.74) is 0.243.